The van der Waals surface area contributed by atoms with Crippen molar-refractivity contribution in [2.24, 2.45) is 7.05 Å². The summed E-state index contributed by atoms with van der Waals surface area (Å²) in [5, 5.41) is 0.294. The minimum Gasteiger partial charge on any atom is -0.298 e. The first-order chi connectivity index (χ1) is 9.10. The molecule has 19 heavy (non-hydrogen) atoms. The van der Waals surface area contributed by atoms with Gasteiger partial charge in [-0.15, -0.1) is 0 Å². The number of carbonyl (C=O) groups is 1. The van der Waals surface area contributed by atoms with Crippen LogP contribution in [0.1, 0.15) is 30.1 Å². The van der Waals surface area contributed by atoms with Crippen LogP contribution < -0.4 is 11.2 Å². The van der Waals surface area contributed by atoms with Crippen molar-refractivity contribution in [2.75, 3.05) is 0 Å². The van der Waals surface area contributed by atoms with Gasteiger partial charge in [0.25, 0.3) is 5.56 Å². The number of aryl methyl sites for hydroxylation is 1. The molecule has 0 aromatic carbocycles. The molecule has 2 rings (SSSR count). The van der Waals surface area contributed by atoms with Gasteiger partial charge in [-0.25, -0.2) is 9.78 Å². The average molecular weight is 261 g/mol. The molecule has 0 aliphatic rings. The molecule has 0 bridgehead atoms. The van der Waals surface area contributed by atoms with Gasteiger partial charge >= 0.3 is 5.69 Å². The van der Waals surface area contributed by atoms with E-state index in [4.69, 9.17) is 0 Å². The van der Waals surface area contributed by atoms with Crippen molar-refractivity contribution in [1.82, 2.24) is 14.1 Å². The molecule has 0 radical (unpaired) electrons. The van der Waals surface area contributed by atoms with E-state index in [1.807, 2.05) is 6.92 Å². The maximum Gasteiger partial charge on any atom is 0.332 e. The first kappa shape index (κ1) is 13.2. The van der Waals surface area contributed by atoms with E-state index in [0.717, 1.165) is 17.4 Å². The van der Waals surface area contributed by atoms with Gasteiger partial charge < -0.3 is 0 Å². The molecule has 0 unspecified atom stereocenters. The third-order valence-corrected chi connectivity index (χ3v) is 3.07. The van der Waals surface area contributed by atoms with Crippen LogP contribution in [0.4, 0.5) is 0 Å². The number of unbranched alkanes of at least 4 members (excludes halogenated alkanes) is 1. The number of aldehydes is 1. The third-order valence-electron chi connectivity index (χ3n) is 3.07. The number of nitrogens with zero attached hydrogens (tertiary/aromatic N) is 3. The predicted octanol–water partition coefficient (Wildman–Crippen LogP) is 0.708. The third kappa shape index (κ3) is 2.21. The molecule has 0 N–H and O–H groups in total. The Bertz CT molecular complexity index is 743. The van der Waals surface area contributed by atoms with E-state index >= 15 is 0 Å². The van der Waals surface area contributed by atoms with Crippen LogP contribution in [0.3, 0.4) is 0 Å². The van der Waals surface area contributed by atoms with Crippen LogP contribution in [0.15, 0.2) is 21.9 Å². The fourth-order valence-corrected chi connectivity index (χ4v) is 1.97. The molecule has 6 heteroatoms. The SMILES string of the molecule is CCCCn1c(=O)n(C)c(=O)c2cc(C=O)cnc21. The first-order valence-electron chi connectivity index (χ1n) is 6.15. The standard InChI is InChI=1S/C13H15N3O3/c1-3-4-5-16-11-10(6-9(8-17)7-14-11)12(18)15(2)13(16)19/h6-8H,3-5H2,1-2H3. The summed E-state index contributed by atoms with van der Waals surface area (Å²) in [5.74, 6) is 0. The van der Waals surface area contributed by atoms with Crippen LogP contribution >= 0.6 is 0 Å². The maximum absolute atomic E-state index is 12.1. The van der Waals surface area contributed by atoms with E-state index in [0.29, 0.717) is 29.4 Å². The van der Waals surface area contributed by atoms with Crippen LogP contribution in [-0.4, -0.2) is 20.4 Å². The molecular weight excluding hydrogens is 246 g/mol. The molecule has 2 aromatic rings. The van der Waals surface area contributed by atoms with Crippen molar-refractivity contribution in [3.63, 3.8) is 0 Å². The molecule has 0 saturated heterocycles. The second-order valence-electron chi connectivity index (χ2n) is 4.41. The molecule has 0 aliphatic heterocycles. The van der Waals surface area contributed by atoms with Crippen molar-refractivity contribution in [1.29, 1.82) is 0 Å². The van der Waals surface area contributed by atoms with Crippen molar-refractivity contribution in [3.8, 4) is 0 Å². The summed E-state index contributed by atoms with van der Waals surface area (Å²) < 4.78 is 2.53. The van der Waals surface area contributed by atoms with E-state index in [-0.39, 0.29) is 5.69 Å². The molecule has 0 saturated carbocycles. The highest BCUT2D eigenvalue weighted by Gasteiger charge is 2.12. The summed E-state index contributed by atoms with van der Waals surface area (Å²) >= 11 is 0. The lowest BCUT2D eigenvalue weighted by molar-refractivity contribution is 0.112. The lowest BCUT2D eigenvalue weighted by Crippen LogP contribution is -2.38. The fraction of sp³-hybridized carbons (Fsp3) is 0.385. The molecule has 6 nitrogen and oxygen atoms in total. The van der Waals surface area contributed by atoms with E-state index in [1.165, 1.54) is 23.9 Å². The Morgan fingerprint density at radius 2 is 2.11 bits per heavy atom. The van der Waals surface area contributed by atoms with Gasteiger partial charge in [0.1, 0.15) is 5.65 Å². The molecule has 2 aromatic heterocycles. The number of hydrogen-bond donors (Lipinski definition) is 0. The van der Waals surface area contributed by atoms with E-state index < -0.39 is 5.56 Å². The Balaban J connectivity index is 2.83. The highest BCUT2D eigenvalue weighted by Crippen LogP contribution is 2.07. The number of pyridine rings is 1. The van der Waals surface area contributed by atoms with Crippen molar-refractivity contribution >= 4 is 17.3 Å². The van der Waals surface area contributed by atoms with E-state index in [1.54, 1.807) is 0 Å². The van der Waals surface area contributed by atoms with Crippen molar-refractivity contribution < 1.29 is 4.79 Å². The number of fused-ring (bicyclic) bond motifs is 1. The highest BCUT2D eigenvalue weighted by atomic mass is 16.2. The Morgan fingerprint density at radius 3 is 2.74 bits per heavy atom. The van der Waals surface area contributed by atoms with E-state index in [2.05, 4.69) is 4.98 Å². The van der Waals surface area contributed by atoms with Crippen molar-refractivity contribution in [3.05, 3.63) is 38.7 Å². The second-order valence-corrected chi connectivity index (χ2v) is 4.41. The minimum atomic E-state index is -0.427. The predicted molar refractivity (Wildman–Crippen MR) is 71.5 cm³/mol. The first-order valence-corrected chi connectivity index (χ1v) is 6.15. The molecule has 0 atom stereocenters. The summed E-state index contributed by atoms with van der Waals surface area (Å²) in [5.41, 5.74) is -0.140. The summed E-state index contributed by atoms with van der Waals surface area (Å²) in [6, 6.07) is 1.47. The molecule has 100 valence electrons. The van der Waals surface area contributed by atoms with Gasteiger partial charge in [0, 0.05) is 25.4 Å². The minimum absolute atomic E-state index is 0.294. The smallest absolute Gasteiger partial charge is 0.298 e. The quantitative estimate of drug-likeness (QED) is 0.760. The van der Waals surface area contributed by atoms with Crippen molar-refractivity contribution in [2.45, 2.75) is 26.3 Å². The largest absolute Gasteiger partial charge is 0.332 e. The molecule has 0 fully saturated rings. The molecule has 2 heterocycles. The molecule has 0 aliphatic carbocycles. The fourth-order valence-electron chi connectivity index (χ4n) is 1.97. The Kier molecular flexibility index (Phi) is 3.59. The van der Waals surface area contributed by atoms with Crippen LogP contribution in [0.25, 0.3) is 11.0 Å². The van der Waals surface area contributed by atoms with Gasteiger partial charge in [0.15, 0.2) is 6.29 Å². The highest BCUT2D eigenvalue weighted by molar-refractivity contribution is 5.83. The van der Waals surface area contributed by atoms with E-state index in [9.17, 15) is 14.4 Å². The zero-order chi connectivity index (χ0) is 14.0. The summed E-state index contributed by atoms with van der Waals surface area (Å²) in [6.07, 6.45) is 3.76. The lowest BCUT2D eigenvalue weighted by Gasteiger charge is -2.10. The zero-order valence-corrected chi connectivity index (χ0v) is 10.9. The van der Waals surface area contributed by atoms with Gasteiger partial charge in [-0.1, -0.05) is 13.3 Å². The van der Waals surface area contributed by atoms with Crippen LogP contribution in [0.5, 0.6) is 0 Å². The van der Waals surface area contributed by atoms with Crippen LogP contribution in [-0.2, 0) is 13.6 Å². The Morgan fingerprint density at radius 1 is 1.37 bits per heavy atom. The monoisotopic (exact) mass is 261 g/mol. The van der Waals surface area contributed by atoms with Gasteiger partial charge in [0.05, 0.1) is 5.39 Å². The summed E-state index contributed by atoms with van der Waals surface area (Å²) in [4.78, 5) is 39.0. The van der Waals surface area contributed by atoms with Gasteiger partial charge in [0.2, 0.25) is 0 Å². The zero-order valence-electron chi connectivity index (χ0n) is 10.9. The molecule has 0 spiro atoms. The summed E-state index contributed by atoms with van der Waals surface area (Å²) in [7, 11) is 1.43. The summed E-state index contributed by atoms with van der Waals surface area (Å²) in [6.45, 7) is 2.53. The number of aromatic nitrogens is 3. The topological polar surface area (TPSA) is 74.0 Å². The lowest BCUT2D eigenvalue weighted by atomic mass is 10.2. The number of rotatable bonds is 4. The van der Waals surface area contributed by atoms with Gasteiger partial charge in [-0.3, -0.25) is 18.7 Å². The number of carbonyl (C=O) groups excluding carboxylic acids is 1. The Labute approximate surface area is 109 Å². The van der Waals surface area contributed by atoms with Crippen LogP contribution in [0.2, 0.25) is 0 Å². The van der Waals surface area contributed by atoms with Gasteiger partial charge in [-0.2, -0.15) is 0 Å². The van der Waals surface area contributed by atoms with Crippen LogP contribution in [0, 0.1) is 0 Å². The maximum atomic E-state index is 12.1. The Hall–Kier alpha value is -2.24. The second kappa shape index (κ2) is 5.17. The number of hydrogen-bond acceptors (Lipinski definition) is 4. The average Bonchev–Trinajstić information content (AvgIpc) is 2.44. The molecular formula is C13H15N3O3. The van der Waals surface area contributed by atoms with Gasteiger partial charge in [-0.05, 0) is 12.5 Å². The molecule has 0 amide bonds. The normalized spacial score (nSPS) is 10.8.